The number of alkyl carbamates (subject to hydrolysis) is 1. The molecule has 222 valence electrons. The minimum absolute atomic E-state index is 0.00219. The molecule has 40 heavy (non-hydrogen) atoms. The first-order valence-electron chi connectivity index (χ1n) is 13.6. The van der Waals surface area contributed by atoms with Crippen molar-refractivity contribution in [3.63, 3.8) is 0 Å². The van der Waals surface area contributed by atoms with Crippen LogP contribution in [-0.2, 0) is 30.7 Å². The van der Waals surface area contributed by atoms with E-state index in [2.05, 4.69) is 5.32 Å². The number of ether oxygens (including phenoxy) is 4. The second kappa shape index (κ2) is 15.3. The average molecular weight is 579 g/mol. The largest absolute Gasteiger partial charge is 0.497 e. The van der Waals surface area contributed by atoms with Crippen LogP contribution in [-0.4, -0.2) is 88.8 Å². The number of nitrogens with one attached hydrogen (secondary N) is 1. The number of carbonyl (C=O) groups is 1. The summed E-state index contributed by atoms with van der Waals surface area (Å²) in [5.74, 6) is 0.453. The van der Waals surface area contributed by atoms with Crippen LogP contribution in [0.2, 0.25) is 0 Å². The topological polar surface area (TPSA) is 124 Å². The van der Waals surface area contributed by atoms with Gasteiger partial charge in [-0.2, -0.15) is 4.31 Å². The van der Waals surface area contributed by atoms with Gasteiger partial charge in [-0.05, 0) is 49.1 Å². The Morgan fingerprint density at radius 1 is 1.10 bits per heavy atom. The lowest BCUT2D eigenvalue weighted by molar-refractivity contribution is 0.0162. The standard InChI is InChI=1S/C29H42N2O8S/c1-5-38-28-20-37-18-23(28)19-39-29(33)30-26(15-22-9-7-6-8-10-22)27(32)17-31(16-21(2)3)40(34,35)25-13-11-24(36-4)12-14-25/h6-14,21,23,26-28,32H,5,15-20H2,1-4H3,(H,30,33). The van der Waals surface area contributed by atoms with Gasteiger partial charge >= 0.3 is 6.09 Å². The van der Waals surface area contributed by atoms with Crippen molar-refractivity contribution in [3.8, 4) is 5.75 Å². The van der Waals surface area contributed by atoms with Gasteiger partial charge in [0.25, 0.3) is 0 Å². The van der Waals surface area contributed by atoms with Crippen LogP contribution in [0.4, 0.5) is 4.79 Å². The predicted molar refractivity (Wildman–Crippen MR) is 151 cm³/mol. The summed E-state index contributed by atoms with van der Waals surface area (Å²) in [4.78, 5) is 12.9. The first kappa shape index (κ1) is 31.8. The molecule has 4 atom stereocenters. The first-order valence-corrected chi connectivity index (χ1v) is 15.1. The molecule has 0 radical (unpaired) electrons. The number of hydrogen-bond donors (Lipinski definition) is 2. The van der Waals surface area contributed by atoms with Crippen LogP contribution in [0.5, 0.6) is 5.75 Å². The molecule has 11 heteroatoms. The molecular weight excluding hydrogens is 536 g/mol. The lowest BCUT2D eigenvalue weighted by Gasteiger charge is -2.30. The van der Waals surface area contributed by atoms with Crippen LogP contribution >= 0.6 is 0 Å². The van der Waals surface area contributed by atoms with E-state index in [1.54, 1.807) is 12.1 Å². The van der Waals surface area contributed by atoms with Gasteiger partial charge in [0.05, 0.1) is 43.5 Å². The Labute approximate surface area is 237 Å². The molecule has 1 saturated heterocycles. The minimum atomic E-state index is -3.94. The summed E-state index contributed by atoms with van der Waals surface area (Å²) >= 11 is 0. The summed E-state index contributed by atoms with van der Waals surface area (Å²) in [6, 6.07) is 14.7. The predicted octanol–water partition coefficient (Wildman–Crippen LogP) is 3.09. The lowest BCUT2D eigenvalue weighted by atomic mass is 10.0. The maximum absolute atomic E-state index is 13.6. The Kier molecular flexibility index (Phi) is 12.2. The average Bonchev–Trinajstić information content (AvgIpc) is 3.38. The monoisotopic (exact) mass is 578 g/mol. The number of methoxy groups -OCH3 is 1. The Hall–Kier alpha value is -2.70. The fourth-order valence-corrected chi connectivity index (χ4v) is 6.19. The van der Waals surface area contributed by atoms with Crippen molar-refractivity contribution in [2.24, 2.45) is 11.8 Å². The highest BCUT2D eigenvalue weighted by Gasteiger charge is 2.33. The molecule has 2 aromatic carbocycles. The third kappa shape index (κ3) is 9.17. The van der Waals surface area contributed by atoms with Crippen molar-refractivity contribution in [1.82, 2.24) is 9.62 Å². The molecule has 1 fully saturated rings. The van der Waals surface area contributed by atoms with Gasteiger partial charge in [0.1, 0.15) is 12.4 Å². The molecule has 0 bridgehead atoms. The van der Waals surface area contributed by atoms with Crippen LogP contribution in [0, 0.1) is 11.8 Å². The molecule has 3 rings (SSSR count). The Morgan fingerprint density at radius 3 is 2.42 bits per heavy atom. The fraction of sp³-hybridized carbons (Fsp3) is 0.552. The van der Waals surface area contributed by atoms with E-state index in [0.29, 0.717) is 25.6 Å². The quantitative estimate of drug-likeness (QED) is 0.331. The summed E-state index contributed by atoms with van der Waals surface area (Å²) in [6.07, 6.45) is -1.78. The third-order valence-electron chi connectivity index (χ3n) is 6.67. The van der Waals surface area contributed by atoms with E-state index >= 15 is 0 Å². The molecule has 10 nitrogen and oxygen atoms in total. The summed E-state index contributed by atoms with van der Waals surface area (Å²) < 4.78 is 50.2. The minimum Gasteiger partial charge on any atom is -0.497 e. The van der Waals surface area contributed by atoms with Crippen molar-refractivity contribution >= 4 is 16.1 Å². The van der Waals surface area contributed by atoms with E-state index in [1.807, 2.05) is 51.1 Å². The molecule has 2 N–H and O–H groups in total. The SMILES string of the molecule is CCOC1COCC1COC(=O)NC(Cc1ccccc1)C(O)CN(CC(C)C)S(=O)(=O)c1ccc(OC)cc1. The molecule has 0 saturated carbocycles. The van der Waals surface area contributed by atoms with Gasteiger partial charge in [-0.1, -0.05) is 44.2 Å². The number of benzene rings is 2. The number of sulfonamides is 1. The van der Waals surface area contributed by atoms with Crippen molar-refractivity contribution in [1.29, 1.82) is 0 Å². The fourth-order valence-electron chi connectivity index (χ4n) is 4.57. The zero-order valence-electron chi connectivity index (χ0n) is 23.7. The molecule has 4 unspecified atom stereocenters. The van der Waals surface area contributed by atoms with E-state index in [1.165, 1.54) is 23.5 Å². The first-order chi connectivity index (χ1) is 19.1. The van der Waals surface area contributed by atoms with Crippen LogP contribution in [0.1, 0.15) is 26.3 Å². The molecule has 1 heterocycles. The lowest BCUT2D eigenvalue weighted by Crippen LogP contribution is -2.51. The second-order valence-electron chi connectivity index (χ2n) is 10.3. The highest BCUT2D eigenvalue weighted by molar-refractivity contribution is 7.89. The maximum Gasteiger partial charge on any atom is 0.407 e. The van der Waals surface area contributed by atoms with Gasteiger partial charge in [0, 0.05) is 25.6 Å². The zero-order chi connectivity index (χ0) is 29.1. The number of hydrogen-bond acceptors (Lipinski definition) is 8. The normalized spacial score (nSPS) is 19.0. The Balaban J connectivity index is 1.75. The third-order valence-corrected chi connectivity index (χ3v) is 8.52. The molecule has 1 aliphatic rings. The number of amides is 1. The van der Waals surface area contributed by atoms with E-state index in [-0.39, 0.29) is 49.0 Å². The van der Waals surface area contributed by atoms with E-state index in [9.17, 15) is 18.3 Å². The zero-order valence-corrected chi connectivity index (χ0v) is 24.5. The van der Waals surface area contributed by atoms with Gasteiger partial charge in [0.15, 0.2) is 0 Å². The summed E-state index contributed by atoms with van der Waals surface area (Å²) in [5.41, 5.74) is 0.876. The Morgan fingerprint density at radius 2 is 1.80 bits per heavy atom. The number of nitrogens with zero attached hydrogens (tertiary/aromatic N) is 1. The van der Waals surface area contributed by atoms with E-state index in [4.69, 9.17) is 18.9 Å². The Bertz CT molecular complexity index is 1140. The number of aliphatic hydroxyl groups is 1. The van der Waals surface area contributed by atoms with Crippen LogP contribution in [0.3, 0.4) is 0 Å². The van der Waals surface area contributed by atoms with Crippen molar-refractivity contribution < 1.29 is 37.3 Å². The number of carbonyl (C=O) groups excluding carboxylic acids is 1. The van der Waals surface area contributed by atoms with E-state index < -0.39 is 28.3 Å². The smallest absolute Gasteiger partial charge is 0.407 e. The summed E-state index contributed by atoms with van der Waals surface area (Å²) in [5, 5.41) is 14.1. The number of rotatable bonds is 15. The summed E-state index contributed by atoms with van der Waals surface area (Å²) in [7, 11) is -2.43. The molecular formula is C29H42N2O8S. The molecule has 1 amide bonds. The van der Waals surface area contributed by atoms with Crippen LogP contribution in [0.25, 0.3) is 0 Å². The number of aliphatic hydroxyl groups excluding tert-OH is 1. The van der Waals surface area contributed by atoms with Crippen LogP contribution in [0.15, 0.2) is 59.5 Å². The van der Waals surface area contributed by atoms with Gasteiger partial charge in [-0.3, -0.25) is 0 Å². The second-order valence-corrected chi connectivity index (χ2v) is 12.2. The van der Waals surface area contributed by atoms with Gasteiger partial charge in [0.2, 0.25) is 10.0 Å². The summed E-state index contributed by atoms with van der Waals surface area (Å²) in [6.45, 7) is 7.21. The highest BCUT2D eigenvalue weighted by Crippen LogP contribution is 2.22. The van der Waals surface area contributed by atoms with Gasteiger partial charge in [-0.25, -0.2) is 13.2 Å². The van der Waals surface area contributed by atoms with Crippen molar-refractivity contribution in [2.75, 3.05) is 46.6 Å². The highest BCUT2D eigenvalue weighted by atomic mass is 32.2. The molecule has 0 aliphatic carbocycles. The van der Waals surface area contributed by atoms with Crippen molar-refractivity contribution in [3.05, 3.63) is 60.2 Å². The van der Waals surface area contributed by atoms with Gasteiger partial charge < -0.3 is 29.4 Å². The maximum atomic E-state index is 13.6. The molecule has 2 aromatic rings. The molecule has 1 aliphatic heterocycles. The molecule has 0 spiro atoms. The van der Waals surface area contributed by atoms with Crippen molar-refractivity contribution in [2.45, 2.75) is 50.3 Å². The van der Waals surface area contributed by atoms with Gasteiger partial charge in [-0.15, -0.1) is 0 Å². The van der Waals surface area contributed by atoms with E-state index in [0.717, 1.165) is 5.56 Å². The molecule has 0 aromatic heterocycles. The van der Waals surface area contributed by atoms with Crippen LogP contribution < -0.4 is 10.1 Å².